The first kappa shape index (κ1) is 27.3. The summed E-state index contributed by atoms with van der Waals surface area (Å²) in [6, 6.07) is 0.463. The molecule has 4 aliphatic rings. The van der Waals surface area contributed by atoms with Crippen LogP contribution in [0.3, 0.4) is 0 Å². The number of likely N-dealkylation sites (N-methyl/N-ethyl adjacent to an activating group) is 1. The molecular formula is C29H41N5O4S. The lowest BCUT2D eigenvalue weighted by atomic mass is 9.57. The molecule has 4 atom stereocenters. The number of ketones is 2. The number of hydrogen-bond acceptors (Lipinski definition) is 9. The lowest BCUT2D eigenvalue weighted by molar-refractivity contribution is -0.255. The maximum Gasteiger partial charge on any atom is 0.210 e. The minimum Gasteiger partial charge on any atom is -0.346 e. The quantitative estimate of drug-likeness (QED) is 0.219. The van der Waals surface area contributed by atoms with E-state index in [1.807, 2.05) is 10.9 Å². The summed E-state index contributed by atoms with van der Waals surface area (Å²) >= 11 is 1.51. The minimum atomic E-state index is -0.881. The van der Waals surface area contributed by atoms with Gasteiger partial charge in [-0.05, 0) is 71.7 Å². The Labute approximate surface area is 234 Å². The van der Waals surface area contributed by atoms with E-state index in [0.717, 1.165) is 54.8 Å². The number of aryl methyl sites for hydroxylation is 1. The summed E-state index contributed by atoms with van der Waals surface area (Å²) in [7, 11) is 2.16. The highest BCUT2D eigenvalue weighted by atomic mass is 32.2. The molecule has 2 spiro atoms. The molecule has 2 aliphatic carbocycles. The molecule has 2 aromatic heterocycles. The predicted molar refractivity (Wildman–Crippen MR) is 149 cm³/mol. The van der Waals surface area contributed by atoms with Crippen molar-refractivity contribution < 1.29 is 19.1 Å². The lowest BCUT2D eigenvalue weighted by Gasteiger charge is -2.51. The van der Waals surface area contributed by atoms with Crippen molar-refractivity contribution in [2.45, 2.75) is 101 Å². The molecule has 212 valence electrons. The Morgan fingerprint density at radius 3 is 2.54 bits per heavy atom. The Morgan fingerprint density at radius 2 is 1.85 bits per heavy atom. The van der Waals surface area contributed by atoms with Crippen LogP contribution in [0.1, 0.15) is 94.0 Å². The molecule has 2 aromatic rings. The van der Waals surface area contributed by atoms with Gasteiger partial charge in [-0.2, -0.15) is 5.10 Å². The number of aromatic nitrogens is 4. The van der Waals surface area contributed by atoms with Crippen molar-refractivity contribution in [3.05, 3.63) is 11.5 Å². The van der Waals surface area contributed by atoms with E-state index in [9.17, 15) is 9.59 Å². The van der Waals surface area contributed by atoms with Gasteiger partial charge in [0, 0.05) is 12.5 Å². The molecular weight excluding hydrogens is 514 g/mol. The summed E-state index contributed by atoms with van der Waals surface area (Å²) in [5.41, 5.74) is 0.899. The fourth-order valence-corrected chi connectivity index (χ4v) is 8.48. The van der Waals surface area contributed by atoms with E-state index < -0.39 is 17.1 Å². The van der Waals surface area contributed by atoms with E-state index in [0.29, 0.717) is 50.6 Å². The lowest BCUT2D eigenvalue weighted by Crippen LogP contribution is -2.60. The number of ether oxygens (including phenoxy) is 2. The van der Waals surface area contributed by atoms with Crippen LogP contribution in [-0.4, -0.2) is 81.1 Å². The second kappa shape index (κ2) is 10.5. The molecule has 9 nitrogen and oxygen atoms in total. The summed E-state index contributed by atoms with van der Waals surface area (Å²) in [4.78, 5) is 40.5. The number of nitrogens with zero attached hydrogens (tertiary/aromatic N) is 5. The van der Waals surface area contributed by atoms with Crippen LogP contribution in [0.15, 0.2) is 5.03 Å². The monoisotopic (exact) mass is 555 g/mol. The van der Waals surface area contributed by atoms with Gasteiger partial charge in [-0.3, -0.25) is 9.59 Å². The van der Waals surface area contributed by atoms with Gasteiger partial charge in [0.25, 0.3) is 0 Å². The van der Waals surface area contributed by atoms with E-state index in [2.05, 4.69) is 25.8 Å². The molecule has 0 aromatic carbocycles. The molecule has 2 aliphatic heterocycles. The number of rotatable bonds is 6. The van der Waals surface area contributed by atoms with Gasteiger partial charge >= 0.3 is 0 Å². The first-order valence-corrected chi connectivity index (χ1v) is 16.0. The second-order valence-corrected chi connectivity index (χ2v) is 12.6. The van der Waals surface area contributed by atoms with Crippen LogP contribution in [0.2, 0.25) is 0 Å². The van der Waals surface area contributed by atoms with Gasteiger partial charge in [0.1, 0.15) is 5.03 Å². The third-order valence-electron chi connectivity index (χ3n) is 9.90. The molecule has 0 radical (unpaired) electrons. The number of Topliss-reactive ketones (excluding diaryl/α,β-unsaturated/α-hetero) is 2. The van der Waals surface area contributed by atoms with Crippen LogP contribution in [0, 0.1) is 11.3 Å². The van der Waals surface area contributed by atoms with Gasteiger partial charge in [0.2, 0.25) is 5.78 Å². The summed E-state index contributed by atoms with van der Waals surface area (Å²) in [5, 5.41) is 6.69. The maximum atomic E-state index is 14.3. The Kier molecular flexibility index (Phi) is 7.35. The molecule has 2 saturated carbocycles. The highest BCUT2D eigenvalue weighted by Gasteiger charge is 2.63. The molecule has 0 N–H and O–H groups in total. The molecule has 4 heterocycles. The third-order valence-corrected chi connectivity index (χ3v) is 10.6. The van der Waals surface area contributed by atoms with Gasteiger partial charge in [0.15, 0.2) is 23.0 Å². The molecule has 2 saturated heterocycles. The minimum absolute atomic E-state index is 0.0292. The van der Waals surface area contributed by atoms with E-state index in [1.165, 1.54) is 18.2 Å². The number of likely N-dealkylation sites (tertiary alicyclic amines) is 1. The molecule has 0 bridgehead atoms. The van der Waals surface area contributed by atoms with Crippen molar-refractivity contribution in [2.75, 3.05) is 33.1 Å². The number of fused-ring (bicyclic) bond motifs is 2. The van der Waals surface area contributed by atoms with Crippen molar-refractivity contribution >= 4 is 34.4 Å². The predicted octanol–water partition coefficient (Wildman–Crippen LogP) is 4.62. The van der Waals surface area contributed by atoms with E-state index >= 15 is 0 Å². The van der Waals surface area contributed by atoms with Crippen LogP contribution >= 0.6 is 11.8 Å². The van der Waals surface area contributed by atoms with Crippen LogP contribution in [0.4, 0.5) is 0 Å². The zero-order chi connectivity index (χ0) is 27.4. The smallest absolute Gasteiger partial charge is 0.210 e. The van der Waals surface area contributed by atoms with Crippen LogP contribution in [-0.2, 0) is 20.7 Å². The van der Waals surface area contributed by atoms with Gasteiger partial charge in [0.05, 0.1) is 41.7 Å². The van der Waals surface area contributed by atoms with E-state index in [-0.39, 0.29) is 23.4 Å². The highest BCUT2D eigenvalue weighted by Crippen LogP contribution is 2.56. The van der Waals surface area contributed by atoms with Gasteiger partial charge < -0.3 is 14.4 Å². The first-order valence-electron chi connectivity index (χ1n) is 14.8. The Balaban J connectivity index is 1.40. The van der Waals surface area contributed by atoms with Crippen molar-refractivity contribution in [1.82, 2.24) is 24.6 Å². The molecule has 6 rings (SSSR count). The number of carbonyl (C=O) groups excluding carboxylic acids is 2. The largest absolute Gasteiger partial charge is 0.346 e. The number of carbonyl (C=O) groups is 2. The number of hydrogen-bond donors (Lipinski definition) is 0. The highest BCUT2D eigenvalue weighted by molar-refractivity contribution is 7.98. The Bertz CT molecular complexity index is 1270. The summed E-state index contributed by atoms with van der Waals surface area (Å²) in [5.74, 6) is -1.82. The zero-order valence-corrected chi connectivity index (χ0v) is 24.5. The standard InChI is InChI=1S/C29H41N5O4S/c1-5-20-22-26(34(32-20)18(2)21-11-9-15-33(21)3)30-25(31-27(22)39-4)23(35)19-10-8-13-28(24(19)36)12-6-7-14-29(28)37-16-17-38-29/h18-19,21H,5-17H2,1-4H3/t18-,19?,21-,28-/m0/s1. The fraction of sp³-hybridized carbons (Fsp3) is 0.759. The number of thioether (sulfide) groups is 1. The summed E-state index contributed by atoms with van der Waals surface area (Å²) in [6.45, 7) is 6.36. The topological polar surface area (TPSA) is 99.4 Å². The van der Waals surface area contributed by atoms with Crippen LogP contribution in [0.5, 0.6) is 0 Å². The second-order valence-electron chi connectivity index (χ2n) is 11.8. The van der Waals surface area contributed by atoms with E-state index in [4.69, 9.17) is 24.5 Å². The Morgan fingerprint density at radius 1 is 1.10 bits per heavy atom. The van der Waals surface area contributed by atoms with Crippen LogP contribution < -0.4 is 0 Å². The molecule has 0 amide bonds. The Hall–Kier alpha value is -1.88. The van der Waals surface area contributed by atoms with Crippen molar-refractivity contribution in [3.8, 4) is 0 Å². The molecule has 10 heteroatoms. The van der Waals surface area contributed by atoms with Crippen molar-refractivity contribution in [1.29, 1.82) is 0 Å². The summed E-state index contributed by atoms with van der Waals surface area (Å²) < 4.78 is 14.4. The van der Waals surface area contributed by atoms with Crippen LogP contribution in [0.25, 0.3) is 11.0 Å². The third kappa shape index (κ3) is 4.19. The normalized spacial score (nSPS) is 30.1. The van der Waals surface area contributed by atoms with Gasteiger partial charge in [-0.15, -0.1) is 11.8 Å². The fourth-order valence-electron chi connectivity index (χ4n) is 7.89. The molecule has 4 fully saturated rings. The molecule has 1 unspecified atom stereocenters. The van der Waals surface area contributed by atoms with Gasteiger partial charge in [-0.1, -0.05) is 19.8 Å². The van der Waals surface area contributed by atoms with E-state index in [1.54, 1.807) is 0 Å². The SMILES string of the molecule is CCc1nn([C@@H](C)[C@@H]2CCCN2C)c2nc(C(=O)C3CCC[C@@]4(CCCCC45OCCO5)C3=O)nc(SC)c12. The maximum absolute atomic E-state index is 14.3. The first-order chi connectivity index (χ1) is 18.9. The van der Waals surface area contributed by atoms with Crippen molar-refractivity contribution in [2.24, 2.45) is 11.3 Å². The average Bonchev–Trinajstić information content (AvgIpc) is 3.69. The average molecular weight is 556 g/mol. The van der Waals surface area contributed by atoms with Gasteiger partial charge in [-0.25, -0.2) is 14.6 Å². The zero-order valence-electron chi connectivity index (χ0n) is 23.7. The van der Waals surface area contributed by atoms with Crippen molar-refractivity contribution in [3.63, 3.8) is 0 Å². The molecule has 39 heavy (non-hydrogen) atoms. The summed E-state index contributed by atoms with van der Waals surface area (Å²) in [6.07, 6.45) is 10.4.